The summed E-state index contributed by atoms with van der Waals surface area (Å²) in [4.78, 5) is 4.98. The fraction of sp³-hybridized carbons (Fsp3) is 0.600. The lowest BCUT2D eigenvalue weighted by Crippen LogP contribution is -2.48. The molecule has 0 spiro atoms. The van der Waals surface area contributed by atoms with Crippen LogP contribution in [0.3, 0.4) is 0 Å². The molecular formula is C15H24N2O. The van der Waals surface area contributed by atoms with Crippen LogP contribution in [-0.4, -0.2) is 54.2 Å². The maximum atomic E-state index is 9.25. The van der Waals surface area contributed by atoms with Crippen LogP contribution in [-0.2, 0) is 6.42 Å². The van der Waals surface area contributed by atoms with Crippen LogP contribution in [0.15, 0.2) is 24.3 Å². The van der Waals surface area contributed by atoms with Gasteiger partial charge < -0.3 is 10.0 Å². The Hall–Kier alpha value is -1.06. The molecule has 1 N–H and O–H groups in total. The van der Waals surface area contributed by atoms with Crippen molar-refractivity contribution in [2.24, 2.45) is 0 Å². The third kappa shape index (κ3) is 3.72. The summed E-state index contributed by atoms with van der Waals surface area (Å²) in [7, 11) is 2.19. The zero-order chi connectivity index (χ0) is 13.0. The van der Waals surface area contributed by atoms with Gasteiger partial charge in [0.1, 0.15) is 5.75 Å². The molecule has 1 aromatic carbocycles. The average Bonchev–Trinajstić information content (AvgIpc) is 2.38. The number of phenols is 1. The Morgan fingerprint density at radius 3 is 2.33 bits per heavy atom. The van der Waals surface area contributed by atoms with Crippen molar-refractivity contribution >= 4 is 0 Å². The highest BCUT2D eigenvalue weighted by Crippen LogP contribution is 2.14. The first-order valence-electron chi connectivity index (χ1n) is 6.85. The van der Waals surface area contributed by atoms with E-state index in [1.165, 1.54) is 38.2 Å². The van der Waals surface area contributed by atoms with E-state index in [-0.39, 0.29) is 0 Å². The molecule has 0 saturated carbocycles. The highest BCUT2D eigenvalue weighted by atomic mass is 16.3. The Morgan fingerprint density at radius 2 is 1.72 bits per heavy atom. The molecule has 1 aliphatic rings. The number of phenolic OH excluding ortho intramolecular Hbond substituents is 1. The van der Waals surface area contributed by atoms with Crippen LogP contribution in [0.25, 0.3) is 0 Å². The molecule has 1 fully saturated rings. The van der Waals surface area contributed by atoms with Crippen molar-refractivity contribution in [2.45, 2.75) is 25.8 Å². The molecule has 0 aromatic heterocycles. The molecule has 3 heteroatoms. The van der Waals surface area contributed by atoms with E-state index < -0.39 is 0 Å². The molecule has 3 nitrogen and oxygen atoms in total. The van der Waals surface area contributed by atoms with Gasteiger partial charge in [-0.05, 0) is 44.5 Å². The first-order chi connectivity index (χ1) is 8.65. The van der Waals surface area contributed by atoms with E-state index in [1.54, 1.807) is 12.1 Å². The summed E-state index contributed by atoms with van der Waals surface area (Å²) in [6.07, 6.45) is 2.28. The van der Waals surface area contributed by atoms with E-state index in [0.29, 0.717) is 11.8 Å². The fourth-order valence-corrected chi connectivity index (χ4v) is 2.48. The van der Waals surface area contributed by atoms with Gasteiger partial charge in [0.15, 0.2) is 0 Å². The van der Waals surface area contributed by atoms with E-state index in [0.717, 1.165) is 6.42 Å². The summed E-state index contributed by atoms with van der Waals surface area (Å²) in [5, 5.41) is 9.25. The van der Waals surface area contributed by atoms with E-state index in [4.69, 9.17) is 0 Å². The second-order valence-corrected chi connectivity index (χ2v) is 5.39. The molecule has 1 atom stereocenters. The van der Waals surface area contributed by atoms with Crippen molar-refractivity contribution in [1.29, 1.82) is 0 Å². The number of hydrogen-bond donors (Lipinski definition) is 1. The van der Waals surface area contributed by atoms with Gasteiger partial charge in [-0.1, -0.05) is 12.1 Å². The van der Waals surface area contributed by atoms with Crippen LogP contribution in [0.4, 0.5) is 0 Å². The summed E-state index contributed by atoms with van der Waals surface area (Å²) in [5.74, 6) is 0.353. The minimum atomic E-state index is 0.353. The molecule has 1 aliphatic heterocycles. The first kappa shape index (κ1) is 13.4. The van der Waals surface area contributed by atoms with Gasteiger partial charge in [0.25, 0.3) is 0 Å². The molecule has 0 aliphatic carbocycles. The van der Waals surface area contributed by atoms with E-state index in [2.05, 4.69) is 23.8 Å². The summed E-state index contributed by atoms with van der Waals surface area (Å²) in [6, 6.07) is 8.23. The van der Waals surface area contributed by atoms with Gasteiger partial charge in [0.2, 0.25) is 0 Å². The number of benzene rings is 1. The summed E-state index contributed by atoms with van der Waals surface area (Å²) < 4.78 is 0. The highest BCUT2D eigenvalue weighted by molar-refractivity contribution is 5.25. The minimum absolute atomic E-state index is 0.353. The molecule has 18 heavy (non-hydrogen) atoms. The van der Waals surface area contributed by atoms with Crippen molar-refractivity contribution in [1.82, 2.24) is 9.80 Å². The van der Waals surface area contributed by atoms with Crippen molar-refractivity contribution in [3.63, 3.8) is 0 Å². The smallest absolute Gasteiger partial charge is 0.115 e. The Morgan fingerprint density at radius 1 is 1.11 bits per heavy atom. The third-order valence-electron chi connectivity index (χ3n) is 3.95. The maximum Gasteiger partial charge on any atom is 0.115 e. The summed E-state index contributed by atoms with van der Waals surface area (Å²) >= 11 is 0. The lowest BCUT2D eigenvalue weighted by molar-refractivity contribution is 0.115. The second kappa shape index (κ2) is 6.21. The highest BCUT2D eigenvalue weighted by Gasteiger charge is 2.18. The van der Waals surface area contributed by atoms with Crippen molar-refractivity contribution < 1.29 is 5.11 Å². The van der Waals surface area contributed by atoms with E-state index in [9.17, 15) is 5.11 Å². The molecule has 1 aromatic rings. The van der Waals surface area contributed by atoms with Gasteiger partial charge in [-0.2, -0.15) is 0 Å². The molecule has 1 heterocycles. The van der Waals surface area contributed by atoms with E-state index >= 15 is 0 Å². The standard InChI is InChI=1S/C15H24N2O/c1-13(17-11-9-16(2)10-12-17)3-4-14-5-7-15(18)8-6-14/h5-8,13,18H,3-4,9-12H2,1-2H3. The lowest BCUT2D eigenvalue weighted by Gasteiger charge is -2.36. The topological polar surface area (TPSA) is 26.7 Å². The van der Waals surface area contributed by atoms with Crippen LogP contribution in [0.5, 0.6) is 5.75 Å². The number of aromatic hydroxyl groups is 1. The Balaban J connectivity index is 1.77. The Labute approximate surface area is 110 Å². The number of aryl methyl sites for hydroxylation is 1. The summed E-state index contributed by atoms with van der Waals surface area (Å²) in [5.41, 5.74) is 1.31. The van der Waals surface area contributed by atoms with Crippen molar-refractivity contribution in [3.8, 4) is 5.75 Å². The second-order valence-electron chi connectivity index (χ2n) is 5.39. The van der Waals surface area contributed by atoms with Crippen LogP contribution >= 0.6 is 0 Å². The van der Waals surface area contributed by atoms with Gasteiger partial charge in [-0.15, -0.1) is 0 Å². The molecule has 100 valence electrons. The predicted molar refractivity (Wildman–Crippen MR) is 75.0 cm³/mol. The van der Waals surface area contributed by atoms with Gasteiger partial charge >= 0.3 is 0 Å². The predicted octanol–water partition coefficient (Wildman–Crippen LogP) is 1.96. The van der Waals surface area contributed by atoms with E-state index in [1.807, 2.05) is 12.1 Å². The molecule has 1 unspecified atom stereocenters. The van der Waals surface area contributed by atoms with Crippen LogP contribution < -0.4 is 0 Å². The average molecular weight is 248 g/mol. The largest absolute Gasteiger partial charge is 0.508 e. The third-order valence-corrected chi connectivity index (χ3v) is 3.95. The molecule has 0 bridgehead atoms. The van der Waals surface area contributed by atoms with Crippen molar-refractivity contribution in [2.75, 3.05) is 33.2 Å². The van der Waals surface area contributed by atoms with Gasteiger partial charge in [0, 0.05) is 32.2 Å². The quantitative estimate of drug-likeness (QED) is 0.882. The number of rotatable bonds is 4. The lowest BCUT2D eigenvalue weighted by atomic mass is 10.0. The fourth-order valence-electron chi connectivity index (χ4n) is 2.48. The zero-order valence-corrected chi connectivity index (χ0v) is 11.5. The first-order valence-corrected chi connectivity index (χ1v) is 6.85. The van der Waals surface area contributed by atoms with Gasteiger partial charge in [-0.3, -0.25) is 4.90 Å². The van der Waals surface area contributed by atoms with Crippen LogP contribution in [0.1, 0.15) is 18.9 Å². The Kier molecular flexibility index (Phi) is 4.61. The summed E-state index contributed by atoms with van der Waals surface area (Å²) in [6.45, 7) is 7.07. The number of likely N-dealkylation sites (N-methyl/N-ethyl adjacent to an activating group) is 1. The molecular weight excluding hydrogens is 224 g/mol. The normalized spacial score (nSPS) is 19.9. The number of nitrogens with zero attached hydrogens (tertiary/aromatic N) is 2. The minimum Gasteiger partial charge on any atom is -0.508 e. The van der Waals surface area contributed by atoms with Crippen molar-refractivity contribution in [3.05, 3.63) is 29.8 Å². The SMILES string of the molecule is CC(CCc1ccc(O)cc1)N1CCN(C)CC1. The molecule has 1 saturated heterocycles. The number of piperazine rings is 1. The Bertz CT molecular complexity index is 355. The van der Waals surface area contributed by atoms with Crippen LogP contribution in [0.2, 0.25) is 0 Å². The van der Waals surface area contributed by atoms with Gasteiger partial charge in [0.05, 0.1) is 0 Å². The maximum absolute atomic E-state index is 9.25. The zero-order valence-electron chi connectivity index (χ0n) is 11.5. The van der Waals surface area contributed by atoms with Crippen LogP contribution in [0, 0.1) is 0 Å². The molecule has 2 rings (SSSR count). The van der Waals surface area contributed by atoms with Gasteiger partial charge in [-0.25, -0.2) is 0 Å². The monoisotopic (exact) mass is 248 g/mol. The number of hydrogen-bond acceptors (Lipinski definition) is 3. The molecule has 0 amide bonds. The molecule has 0 radical (unpaired) electrons.